The van der Waals surface area contributed by atoms with Crippen molar-refractivity contribution in [1.29, 1.82) is 0 Å². The number of halogens is 1. The molecule has 2 aliphatic heterocycles. The Hall–Kier alpha value is -2.99. The van der Waals surface area contributed by atoms with E-state index < -0.39 is 6.23 Å². The Morgan fingerprint density at radius 1 is 1.07 bits per heavy atom. The van der Waals surface area contributed by atoms with Gasteiger partial charge in [-0.15, -0.1) is 0 Å². The molecule has 2 heterocycles. The molecule has 0 aromatic heterocycles. The summed E-state index contributed by atoms with van der Waals surface area (Å²) in [5.74, 6) is 1.82. The lowest BCUT2D eigenvalue weighted by molar-refractivity contribution is -0.0203. The van der Waals surface area contributed by atoms with Gasteiger partial charge < -0.3 is 14.6 Å². The fourth-order valence-electron chi connectivity index (χ4n) is 3.92. The Morgan fingerprint density at radius 2 is 1.86 bits per heavy atom. The lowest BCUT2D eigenvalue weighted by Crippen LogP contribution is -2.33. The van der Waals surface area contributed by atoms with Gasteiger partial charge in [-0.3, -0.25) is 0 Å². The molecule has 5 nitrogen and oxygen atoms in total. The van der Waals surface area contributed by atoms with Gasteiger partial charge in [-0.1, -0.05) is 34.1 Å². The third-order valence-corrected chi connectivity index (χ3v) is 5.87. The zero-order valence-corrected chi connectivity index (χ0v) is 17.3. The highest BCUT2D eigenvalue weighted by Gasteiger charge is 2.41. The zero-order valence-electron chi connectivity index (χ0n) is 15.7. The number of phenolic OH excluding ortho intramolecular Hbond substituents is 1. The molecule has 3 aromatic carbocycles. The van der Waals surface area contributed by atoms with Crippen molar-refractivity contribution in [1.82, 2.24) is 5.01 Å². The summed E-state index contributed by atoms with van der Waals surface area (Å²) in [7, 11) is 1.66. The van der Waals surface area contributed by atoms with E-state index in [1.54, 1.807) is 13.2 Å². The number of fused-ring (bicyclic) bond motifs is 3. The average molecular weight is 451 g/mol. The minimum absolute atomic E-state index is 0.0421. The molecule has 0 aliphatic carbocycles. The van der Waals surface area contributed by atoms with E-state index in [2.05, 4.69) is 22.0 Å². The Morgan fingerprint density at radius 3 is 2.66 bits per heavy atom. The first kappa shape index (κ1) is 18.1. The molecule has 0 bridgehead atoms. The quantitative estimate of drug-likeness (QED) is 0.579. The van der Waals surface area contributed by atoms with E-state index in [0.29, 0.717) is 5.56 Å². The van der Waals surface area contributed by atoms with Crippen molar-refractivity contribution in [3.05, 3.63) is 87.9 Å². The molecule has 2 aliphatic rings. The second-order valence-electron chi connectivity index (χ2n) is 7.09. The first-order chi connectivity index (χ1) is 14.1. The molecule has 0 radical (unpaired) electrons. The molecule has 146 valence electrons. The van der Waals surface area contributed by atoms with Crippen molar-refractivity contribution in [2.24, 2.45) is 5.10 Å². The van der Waals surface area contributed by atoms with Crippen LogP contribution in [-0.2, 0) is 0 Å². The molecule has 0 unspecified atom stereocenters. The van der Waals surface area contributed by atoms with Crippen LogP contribution in [0.1, 0.15) is 35.4 Å². The highest BCUT2D eigenvalue weighted by atomic mass is 79.9. The van der Waals surface area contributed by atoms with E-state index >= 15 is 0 Å². The number of phenols is 1. The third-order valence-electron chi connectivity index (χ3n) is 5.38. The van der Waals surface area contributed by atoms with Gasteiger partial charge in [0.2, 0.25) is 6.23 Å². The molecule has 0 saturated heterocycles. The summed E-state index contributed by atoms with van der Waals surface area (Å²) in [5, 5.41) is 17.4. The lowest BCUT2D eigenvalue weighted by Gasteiger charge is -2.38. The largest absolute Gasteiger partial charge is 0.507 e. The van der Waals surface area contributed by atoms with Gasteiger partial charge in [-0.05, 0) is 54.1 Å². The van der Waals surface area contributed by atoms with Crippen LogP contribution in [0.3, 0.4) is 0 Å². The number of ether oxygens (including phenoxy) is 2. The van der Waals surface area contributed by atoms with Crippen molar-refractivity contribution in [3.63, 3.8) is 0 Å². The Balaban J connectivity index is 1.59. The van der Waals surface area contributed by atoms with Crippen LogP contribution in [0, 0.1) is 0 Å². The molecule has 0 fully saturated rings. The summed E-state index contributed by atoms with van der Waals surface area (Å²) in [6.07, 6.45) is 0.251. The molecule has 0 spiro atoms. The monoisotopic (exact) mass is 450 g/mol. The van der Waals surface area contributed by atoms with Gasteiger partial charge in [0.25, 0.3) is 0 Å². The molecule has 0 amide bonds. The molecular formula is C23H19BrN2O3. The molecule has 0 saturated carbocycles. The number of hydrazone groups is 1. The molecule has 2 atom stereocenters. The van der Waals surface area contributed by atoms with Crippen molar-refractivity contribution in [2.75, 3.05) is 7.11 Å². The highest BCUT2D eigenvalue weighted by Crippen LogP contribution is 2.48. The summed E-state index contributed by atoms with van der Waals surface area (Å²) >= 11 is 3.50. The smallest absolute Gasteiger partial charge is 0.217 e. The molecule has 3 aromatic rings. The van der Waals surface area contributed by atoms with Gasteiger partial charge in [0.1, 0.15) is 17.2 Å². The predicted octanol–water partition coefficient (Wildman–Crippen LogP) is 5.41. The normalized spacial score (nSPS) is 19.8. The summed E-state index contributed by atoms with van der Waals surface area (Å²) < 4.78 is 12.5. The van der Waals surface area contributed by atoms with Crippen LogP contribution in [0.25, 0.3) is 0 Å². The second kappa shape index (κ2) is 7.12. The second-order valence-corrected chi connectivity index (χ2v) is 8.00. The number of aromatic hydroxyl groups is 1. The number of methoxy groups -OCH3 is 1. The van der Waals surface area contributed by atoms with Crippen LogP contribution in [0.4, 0.5) is 0 Å². The number of rotatable bonds is 3. The van der Waals surface area contributed by atoms with E-state index in [-0.39, 0.29) is 11.8 Å². The SMILES string of the molecule is COc1ccc(C2=NN3[C@H](C2)c2ccccc2O[C@@H]3c2cc(Br)ccc2O)cc1. The van der Waals surface area contributed by atoms with Gasteiger partial charge in [0, 0.05) is 16.5 Å². The maximum absolute atomic E-state index is 10.5. The van der Waals surface area contributed by atoms with E-state index in [4.69, 9.17) is 14.6 Å². The minimum atomic E-state index is -0.511. The van der Waals surface area contributed by atoms with Gasteiger partial charge in [0.15, 0.2) is 0 Å². The first-order valence-electron chi connectivity index (χ1n) is 9.38. The first-order valence-corrected chi connectivity index (χ1v) is 10.2. The summed E-state index contributed by atoms with van der Waals surface area (Å²) in [5.41, 5.74) is 3.82. The molecular weight excluding hydrogens is 432 g/mol. The van der Waals surface area contributed by atoms with Crippen molar-refractivity contribution < 1.29 is 14.6 Å². The van der Waals surface area contributed by atoms with Crippen LogP contribution >= 0.6 is 15.9 Å². The van der Waals surface area contributed by atoms with E-state index in [1.807, 2.05) is 59.6 Å². The third kappa shape index (κ3) is 3.13. The van der Waals surface area contributed by atoms with Gasteiger partial charge in [0.05, 0.1) is 24.4 Å². The van der Waals surface area contributed by atoms with Crippen molar-refractivity contribution in [3.8, 4) is 17.2 Å². The number of para-hydroxylation sites is 1. The van der Waals surface area contributed by atoms with Crippen LogP contribution in [0.15, 0.2) is 76.3 Å². The maximum atomic E-state index is 10.5. The Labute approximate surface area is 177 Å². The Kier molecular flexibility index (Phi) is 4.43. The molecule has 1 N–H and O–H groups in total. The van der Waals surface area contributed by atoms with Gasteiger partial charge >= 0.3 is 0 Å². The van der Waals surface area contributed by atoms with Crippen LogP contribution in [0.5, 0.6) is 17.2 Å². The maximum Gasteiger partial charge on any atom is 0.217 e. The fourth-order valence-corrected chi connectivity index (χ4v) is 4.30. The number of benzene rings is 3. The molecule has 29 heavy (non-hydrogen) atoms. The topological polar surface area (TPSA) is 54.3 Å². The van der Waals surface area contributed by atoms with E-state index in [1.165, 1.54) is 0 Å². The zero-order chi connectivity index (χ0) is 20.0. The molecule has 6 heteroatoms. The van der Waals surface area contributed by atoms with Crippen molar-refractivity contribution >= 4 is 21.6 Å². The van der Waals surface area contributed by atoms with Crippen LogP contribution in [-0.4, -0.2) is 22.9 Å². The lowest BCUT2D eigenvalue weighted by atomic mass is 9.96. The number of hydrogen-bond acceptors (Lipinski definition) is 5. The average Bonchev–Trinajstić information content (AvgIpc) is 3.21. The van der Waals surface area contributed by atoms with Crippen LogP contribution in [0.2, 0.25) is 0 Å². The fraction of sp³-hybridized carbons (Fsp3) is 0.174. The highest BCUT2D eigenvalue weighted by molar-refractivity contribution is 9.10. The van der Waals surface area contributed by atoms with E-state index in [9.17, 15) is 5.11 Å². The number of nitrogens with zero attached hydrogens (tertiary/aromatic N) is 2. The number of hydrogen-bond donors (Lipinski definition) is 1. The molecule has 5 rings (SSSR count). The summed E-state index contributed by atoms with van der Waals surface area (Å²) in [6, 6.07) is 21.4. The standard InChI is InChI=1S/C23H19BrN2O3/c1-28-16-9-6-14(7-10-16)19-13-20-17-4-2-3-5-22(17)29-23(26(20)25-19)18-12-15(24)8-11-21(18)27/h2-12,20,23,27H,13H2,1H3/t20-,23-/m1/s1. The van der Waals surface area contributed by atoms with Gasteiger partial charge in [-0.25, -0.2) is 5.01 Å². The predicted molar refractivity (Wildman–Crippen MR) is 114 cm³/mol. The Bertz CT molecular complexity index is 1100. The van der Waals surface area contributed by atoms with Gasteiger partial charge in [-0.2, -0.15) is 5.10 Å². The van der Waals surface area contributed by atoms with Crippen molar-refractivity contribution in [2.45, 2.75) is 18.7 Å². The minimum Gasteiger partial charge on any atom is -0.507 e. The summed E-state index contributed by atoms with van der Waals surface area (Å²) in [4.78, 5) is 0. The van der Waals surface area contributed by atoms with Crippen LogP contribution < -0.4 is 9.47 Å². The summed E-state index contributed by atoms with van der Waals surface area (Å²) in [6.45, 7) is 0. The van der Waals surface area contributed by atoms with E-state index in [0.717, 1.165) is 39.2 Å².